The van der Waals surface area contributed by atoms with Gasteiger partial charge in [0.1, 0.15) is 11.5 Å². The van der Waals surface area contributed by atoms with Gasteiger partial charge in [0, 0.05) is 19.8 Å². The molecule has 0 bridgehead atoms. The van der Waals surface area contributed by atoms with Gasteiger partial charge in [-0.3, -0.25) is 9.59 Å². The van der Waals surface area contributed by atoms with Crippen LogP contribution in [0.15, 0.2) is 24.3 Å². The molecular formula is C25H32O4. The fourth-order valence-corrected chi connectivity index (χ4v) is 4.10. The molecule has 0 unspecified atom stereocenters. The first-order valence-corrected chi connectivity index (χ1v) is 9.90. The molecule has 0 radical (unpaired) electrons. The molecule has 0 aromatic heterocycles. The maximum atomic E-state index is 11.4. The number of benzene rings is 2. The van der Waals surface area contributed by atoms with Crippen LogP contribution in [0, 0.1) is 33.1 Å². The molecule has 4 nitrogen and oxygen atoms in total. The smallest absolute Gasteiger partial charge is 0.308 e. The van der Waals surface area contributed by atoms with Crippen molar-refractivity contribution in [3.8, 4) is 11.5 Å². The van der Waals surface area contributed by atoms with Crippen LogP contribution in [0.25, 0.3) is 0 Å². The van der Waals surface area contributed by atoms with Crippen LogP contribution in [0.5, 0.6) is 11.5 Å². The van der Waals surface area contributed by atoms with Crippen LogP contribution in [0.4, 0.5) is 0 Å². The SMILES string of the molecule is CC(=O)Oc1c(C)cc(C(c2cc(C)c(OC(C)=O)c(C)c2)C(C)(C)C)cc1C. The van der Waals surface area contributed by atoms with Gasteiger partial charge in [-0.15, -0.1) is 0 Å². The van der Waals surface area contributed by atoms with E-state index >= 15 is 0 Å². The molecule has 4 heteroatoms. The summed E-state index contributed by atoms with van der Waals surface area (Å²) in [5.41, 5.74) is 6.04. The molecule has 2 rings (SSSR count). The lowest BCUT2D eigenvalue weighted by molar-refractivity contribution is -0.132. The highest BCUT2D eigenvalue weighted by Gasteiger charge is 2.30. The Hall–Kier alpha value is -2.62. The van der Waals surface area contributed by atoms with Gasteiger partial charge in [0.25, 0.3) is 0 Å². The summed E-state index contributed by atoms with van der Waals surface area (Å²) < 4.78 is 10.8. The van der Waals surface area contributed by atoms with E-state index in [4.69, 9.17) is 9.47 Å². The first-order chi connectivity index (χ1) is 13.3. The fourth-order valence-electron chi connectivity index (χ4n) is 4.10. The Kier molecular flexibility index (Phi) is 6.56. The number of esters is 2. The molecule has 29 heavy (non-hydrogen) atoms. The Labute approximate surface area is 174 Å². The van der Waals surface area contributed by atoms with Crippen LogP contribution >= 0.6 is 0 Å². The van der Waals surface area contributed by atoms with E-state index in [1.54, 1.807) is 0 Å². The Balaban J connectivity index is 2.63. The van der Waals surface area contributed by atoms with Gasteiger partial charge in [0.05, 0.1) is 0 Å². The van der Waals surface area contributed by atoms with Gasteiger partial charge < -0.3 is 9.47 Å². The second-order valence-corrected chi connectivity index (χ2v) is 8.95. The second-order valence-electron chi connectivity index (χ2n) is 8.95. The molecule has 2 aromatic carbocycles. The van der Waals surface area contributed by atoms with Gasteiger partial charge in [-0.05, 0) is 66.5 Å². The molecule has 156 valence electrons. The van der Waals surface area contributed by atoms with Crippen molar-refractivity contribution >= 4 is 11.9 Å². The maximum Gasteiger partial charge on any atom is 0.308 e. The van der Waals surface area contributed by atoms with E-state index < -0.39 is 0 Å². The van der Waals surface area contributed by atoms with Crippen molar-refractivity contribution in [2.24, 2.45) is 5.41 Å². The predicted octanol–water partition coefficient (Wildman–Crippen LogP) is 5.95. The third kappa shape index (κ3) is 5.26. The van der Waals surface area contributed by atoms with E-state index in [0.29, 0.717) is 11.5 Å². The first-order valence-electron chi connectivity index (χ1n) is 9.90. The Morgan fingerprint density at radius 1 is 0.690 bits per heavy atom. The minimum absolute atomic E-state index is 0.0519. The molecule has 0 saturated carbocycles. The zero-order chi connectivity index (χ0) is 22.1. The van der Waals surface area contributed by atoms with Crippen molar-refractivity contribution in [1.29, 1.82) is 0 Å². The molecule has 0 saturated heterocycles. The summed E-state index contributed by atoms with van der Waals surface area (Å²) in [6.45, 7) is 17.3. The largest absolute Gasteiger partial charge is 0.426 e. The number of aryl methyl sites for hydroxylation is 4. The lowest BCUT2D eigenvalue weighted by Gasteiger charge is -2.33. The number of hydrogen-bond acceptors (Lipinski definition) is 4. The van der Waals surface area contributed by atoms with Gasteiger partial charge in [-0.1, -0.05) is 45.0 Å². The highest BCUT2D eigenvalue weighted by Crippen LogP contribution is 2.44. The summed E-state index contributed by atoms with van der Waals surface area (Å²) in [4.78, 5) is 22.9. The van der Waals surface area contributed by atoms with Crippen molar-refractivity contribution in [3.05, 3.63) is 57.6 Å². The van der Waals surface area contributed by atoms with Crippen molar-refractivity contribution in [2.45, 2.75) is 68.2 Å². The van der Waals surface area contributed by atoms with Crippen LogP contribution in [-0.4, -0.2) is 11.9 Å². The van der Waals surface area contributed by atoms with Crippen LogP contribution in [0.1, 0.15) is 73.9 Å². The van der Waals surface area contributed by atoms with Crippen LogP contribution in [0.2, 0.25) is 0 Å². The van der Waals surface area contributed by atoms with Crippen molar-refractivity contribution in [3.63, 3.8) is 0 Å². The minimum Gasteiger partial charge on any atom is -0.426 e. The third-order valence-corrected chi connectivity index (χ3v) is 4.99. The van der Waals surface area contributed by atoms with Crippen molar-refractivity contribution in [2.75, 3.05) is 0 Å². The van der Waals surface area contributed by atoms with E-state index in [-0.39, 0.29) is 23.3 Å². The number of rotatable bonds is 4. The van der Waals surface area contributed by atoms with Crippen LogP contribution in [-0.2, 0) is 9.59 Å². The van der Waals surface area contributed by atoms with E-state index in [1.807, 2.05) is 27.7 Å². The topological polar surface area (TPSA) is 52.6 Å². The highest BCUT2D eigenvalue weighted by molar-refractivity contribution is 5.71. The second kappa shape index (κ2) is 8.40. The third-order valence-electron chi connectivity index (χ3n) is 4.99. The monoisotopic (exact) mass is 396 g/mol. The minimum atomic E-state index is -0.316. The predicted molar refractivity (Wildman–Crippen MR) is 116 cm³/mol. The lowest BCUT2D eigenvalue weighted by Crippen LogP contribution is -2.21. The van der Waals surface area contributed by atoms with Gasteiger partial charge in [0.2, 0.25) is 0 Å². The zero-order valence-electron chi connectivity index (χ0n) is 19.0. The summed E-state index contributed by atoms with van der Waals surface area (Å²) >= 11 is 0. The summed E-state index contributed by atoms with van der Waals surface area (Å²) in [5.74, 6) is 0.750. The first kappa shape index (κ1) is 22.7. The molecule has 0 amide bonds. The van der Waals surface area contributed by atoms with E-state index in [1.165, 1.54) is 25.0 Å². The molecular weight excluding hydrogens is 364 g/mol. The van der Waals surface area contributed by atoms with E-state index in [2.05, 4.69) is 45.0 Å². The number of carbonyl (C=O) groups excluding carboxylic acids is 2. The zero-order valence-corrected chi connectivity index (χ0v) is 19.0. The molecule has 0 aliphatic carbocycles. The summed E-state index contributed by atoms with van der Waals surface area (Å²) in [6, 6.07) is 8.41. The van der Waals surface area contributed by atoms with E-state index in [9.17, 15) is 9.59 Å². The van der Waals surface area contributed by atoms with Crippen molar-refractivity contribution in [1.82, 2.24) is 0 Å². The quantitative estimate of drug-likeness (QED) is 0.473. The van der Waals surface area contributed by atoms with Crippen LogP contribution < -0.4 is 9.47 Å². The number of carbonyl (C=O) groups is 2. The Morgan fingerprint density at radius 3 is 1.17 bits per heavy atom. The van der Waals surface area contributed by atoms with Crippen molar-refractivity contribution < 1.29 is 19.1 Å². The molecule has 0 spiro atoms. The average molecular weight is 397 g/mol. The standard InChI is InChI=1S/C25H32O4/c1-14-10-20(11-15(2)23(14)28-18(5)26)22(25(7,8)9)21-12-16(3)24(17(4)13-21)29-19(6)27/h10-13,22H,1-9H3. The molecule has 0 N–H and O–H groups in total. The Morgan fingerprint density at radius 2 is 0.966 bits per heavy atom. The summed E-state index contributed by atoms with van der Waals surface area (Å²) in [5, 5.41) is 0. The molecule has 0 aliphatic rings. The summed E-state index contributed by atoms with van der Waals surface area (Å²) in [7, 11) is 0. The normalized spacial score (nSPS) is 11.5. The molecule has 0 fully saturated rings. The molecule has 0 atom stereocenters. The Bertz CT molecular complexity index is 830. The van der Waals surface area contributed by atoms with Gasteiger partial charge >= 0.3 is 11.9 Å². The van der Waals surface area contributed by atoms with Gasteiger partial charge in [-0.2, -0.15) is 0 Å². The highest BCUT2D eigenvalue weighted by atomic mass is 16.5. The maximum absolute atomic E-state index is 11.4. The van der Waals surface area contributed by atoms with E-state index in [0.717, 1.165) is 22.3 Å². The lowest BCUT2D eigenvalue weighted by atomic mass is 9.71. The molecule has 2 aromatic rings. The summed E-state index contributed by atoms with van der Waals surface area (Å²) in [6.07, 6.45) is 0. The van der Waals surface area contributed by atoms with Gasteiger partial charge in [0.15, 0.2) is 0 Å². The number of ether oxygens (including phenoxy) is 2. The van der Waals surface area contributed by atoms with Crippen LogP contribution in [0.3, 0.4) is 0 Å². The number of hydrogen-bond donors (Lipinski definition) is 0. The molecule has 0 aliphatic heterocycles. The van der Waals surface area contributed by atoms with Gasteiger partial charge in [-0.25, -0.2) is 0 Å². The fraction of sp³-hybridized carbons (Fsp3) is 0.440. The average Bonchev–Trinajstić information content (AvgIpc) is 2.53. The molecule has 0 heterocycles.